The lowest BCUT2D eigenvalue weighted by Crippen LogP contribution is -1.93. The number of oxime groups is 1. The smallest absolute Gasteiger partial charge is 0.102 e. The molecule has 3 aromatic rings. The third kappa shape index (κ3) is 2.29. The third-order valence-corrected chi connectivity index (χ3v) is 2.91. The van der Waals surface area contributed by atoms with E-state index in [0.717, 1.165) is 22.5 Å². The van der Waals surface area contributed by atoms with Gasteiger partial charge in [0.15, 0.2) is 0 Å². The summed E-state index contributed by atoms with van der Waals surface area (Å²) in [4.78, 5) is 3.99. The molecule has 2 aromatic heterocycles. The summed E-state index contributed by atoms with van der Waals surface area (Å²) in [6, 6.07) is 13.5. The van der Waals surface area contributed by atoms with E-state index in [4.69, 9.17) is 5.21 Å². The topological polar surface area (TPSA) is 63.3 Å². The average molecular weight is 264 g/mol. The van der Waals surface area contributed by atoms with E-state index in [1.807, 2.05) is 48.7 Å². The summed E-state index contributed by atoms with van der Waals surface area (Å²) in [5.74, 6) is 0. The first kappa shape index (κ1) is 12.1. The van der Waals surface area contributed by atoms with Gasteiger partial charge in [0.1, 0.15) is 5.69 Å². The van der Waals surface area contributed by atoms with Gasteiger partial charge in [0.25, 0.3) is 0 Å². The Morgan fingerprint density at radius 2 is 1.80 bits per heavy atom. The molecule has 20 heavy (non-hydrogen) atoms. The van der Waals surface area contributed by atoms with Gasteiger partial charge in [-0.15, -0.1) is 0 Å². The van der Waals surface area contributed by atoms with Crippen LogP contribution in [0.5, 0.6) is 0 Å². The zero-order chi connectivity index (χ0) is 13.8. The van der Waals surface area contributed by atoms with E-state index in [1.54, 1.807) is 17.1 Å². The summed E-state index contributed by atoms with van der Waals surface area (Å²) in [7, 11) is 0. The van der Waals surface area contributed by atoms with Crippen LogP contribution < -0.4 is 0 Å². The second kappa shape index (κ2) is 5.36. The summed E-state index contributed by atoms with van der Waals surface area (Å²) in [6.45, 7) is 0. The van der Waals surface area contributed by atoms with Crippen molar-refractivity contribution in [3.05, 3.63) is 66.6 Å². The number of pyridine rings is 1. The van der Waals surface area contributed by atoms with Crippen molar-refractivity contribution in [2.75, 3.05) is 0 Å². The van der Waals surface area contributed by atoms with Crippen molar-refractivity contribution in [1.29, 1.82) is 0 Å². The van der Waals surface area contributed by atoms with Crippen LogP contribution in [0.1, 0.15) is 5.56 Å². The zero-order valence-corrected chi connectivity index (χ0v) is 10.6. The van der Waals surface area contributed by atoms with Crippen LogP contribution in [0, 0.1) is 0 Å². The van der Waals surface area contributed by atoms with Crippen molar-refractivity contribution in [3.8, 4) is 16.9 Å². The zero-order valence-electron chi connectivity index (χ0n) is 10.6. The first-order valence-corrected chi connectivity index (χ1v) is 6.11. The van der Waals surface area contributed by atoms with Crippen molar-refractivity contribution >= 4 is 6.21 Å². The van der Waals surface area contributed by atoms with Crippen molar-refractivity contribution in [2.45, 2.75) is 0 Å². The highest BCUT2D eigenvalue weighted by Gasteiger charge is 2.10. The average Bonchev–Trinajstić information content (AvgIpc) is 2.94. The molecule has 0 aliphatic heterocycles. The van der Waals surface area contributed by atoms with Crippen molar-refractivity contribution < 1.29 is 5.21 Å². The van der Waals surface area contributed by atoms with Crippen LogP contribution in [0.15, 0.2) is 66.2 Å². The molecule has 0 saturated heterocycles. The maximum atomic E-state index is 8.79. The van der Waals surface area contributed by atoms with Crippen LogP contribution in [0.4, 0.5) is 0 Å². The molecule has 0 unspecified atom stereocenters. The summed E-state index contributed by atoms with van der Waals surface area (Å²) in [5, 5.41) is 16.5. The molecular weight excluding hydrogens is 252 g/mol. The van der Waals surface area contributed by atoms with Crippen molar-refractivity contribution in [2.24, 2.45) is 5.16 Å². The Kier molecular flexibility index (Phi) is 3.24. The second-order valence-electron chi connectivity index (χ2n) is 4.19. The lowest BCUT2D eigenvalue weighted by Gasteiger charge is -1.99. The molecule has 0 aliphatic rings. The fourth-order valence-electron chi connectivity index (χ4n) is 1.99. The minimum absolute atomic E-state index is 0.738. The molecule has 0 spiro atoms. The number of aromatic nitrogens is 3. The van der Waals surface area contributed by atoms with E-state index in [2.05, 4.69) is 15.2 Å². The number of para-hydroxylation sites is 1. The predicted octanol–water partition coefficient (Wildman–Crippen LogP) is 2.74. The second-order valence-corrected chi connectivity index (χ2v) is 4.19. The molecule has 3 rings (SSSR count). The third-order valence-electron chi connectivity index (χ3n) is 2.91. The molecule has 2 heterocycles. The van der Waals surface area contributed by atoms with Crippen molar-refractivity contribution in [1.82, 2.24) is 14.8 Å². The maximum absolute atomic E-state index is 8.79. The molecule has 1 aromatic carbocycles. The first-order valence-electron chi connectivity index (χ1n) is 6.11. The minimum atomic E-state index is 0.738. The minimum Gasteiger partial charge on any atom is -0.411 e. The van der Waals surface area contributed by atoms with Gasteiger partial charge in [0.2, 0.25) is 0 Å². The van der Waals surface area contributed by atoms with E-state index in [1.165, 1.54) is 6.21 Å². The van der Waals surface area contributed by atoms with Crippen LogP contribution in [-0.4, -0.2) is 26.2 Å². The summed E-state index contributed by atoms with van der Waals surface area (Å²) >= 11 is 0. The molecule has 0 aliphatic carbocycles. The van der Waals surface area contributed by atoms with Crippen LogP contribution >= 0.6 is 0 Å². The molecule has 0 saturated carbocycles. The molecular formula is C15H12N4O. The van der Waals surface area contributed by atoms with Crippen LogP contribution in [0.2, 0.25) is 0 Å². The summed E-state index contributed by atoms with van der Waals surface area (Å²) in [5.41, 5.74) is 3.35. The normalized spacial score (nSPS) is 11.0. The molecule has 0 radical (unpaired) electrons. The lowest BCUT2D eigenvalue weighted by atomic mass is 10.1. The van der Waals surface area contributed by atoms with Crippen LogP contribution in [0.3, 0.4) is 0 Å². The number of hydrogen-bond acceptors (Lipinski definition) is 4. The maximum Gasteiger partial charge on any atom is 0.102 e. The van der Waals surface area contributed by atoms with Crippen molar-refractivity contribution in [3.63, 3.8) is 0 Å². The van der Waals surface area contributed by atoms with Crippen LogP contribution in [-0.2, 0) is 0 Å². The quantitative estimate of drug-likeness (QED) is 0.449. The van der Waals surface area contributed by atoms with Gasteiger partial charge in [0, 0.05) is 29.7 Å². The molecule has 0 fully saturated rings. The van der Waals surface area contributed by atoms with Crippen LogP contribution in [0.25, 0.3) is 16.9 Å². The highest BCUT2D eigenvalue weighted by atomic mass is 16.4. The predicted molar refractivity (Wildman–Crippen MR) is 76.2 cm³/mol. The number of rotatable bonds is 3. The Hall–Kier alpha value is -2.95. The Bertz CT molecular complexity index is 720. The van der Waals surface area contributed by atoms with Gasteiger partial charge in [-0.05, 0) is 24.3 Å². The number of hydrogen-bond donors (Lipinski definition) is 1. The first-order chi connectivity index (χ1) is 9.88. The molecule has 0 atom stereocenters. The molecule has 1 N–H and O–H groups in total. The Labute approximate surface area is 115 Å². The number of benzene rings is 1. The molecule has 98 valence electrons. The van der Waals surface area contributed by atoms with E-state index in [0.29, 0.717) is 0 Å². The van der Waals surface area contributed by atoms with Gasteiger partial charge in [0.05, 0.1) is 11.9 Å². The fourth-order valence-corrected chi connectivity index (χ4v) is 1.99. The van der Waals surface area contributed by atoms with Gasteiger partial charge in [-0.1, -0.05) is 23.4 Å². The van der Waals surface area contributed by atoms with E-state index >= 15 is 0 Å². The van der Waals surface area contributed by atoms with E-state index < -0.39 is 0 Å². The van der Waals surface area contributed by atoms with E-state index in [9.17, 15) is 0 Å². The fraction of sp³-hybridized carbons (Fsp3) is 0. The highest BCUT2D eigenvalue weighted by molar-refractivity contribution is 5.88. The van der Waals surface area contributed by atoms with Gasteiger partial charge < -0.3 is 5.21 Å². The Morgan fingerprint density at radius 3 is 2.50 bits per heavy atom. The van der Waals surface area contributed by atoms with Gasteiger partial charge in [-0.3, -0.25) is 4.98 Å². The molecule has 5 nitrogen and oxygen atoms in total. The largest absolute Gasteiger partial charge is 0.411 e. The van der Waals surface area contributed by atoms with Gasteiger partial charge in [-0.2, -0.15) is 5.10 Å². The summed E-state index contributed by atoms with van der Waals surface area (Å²) < 4.78 is 1.76. The molecule has 0 amide bonds. The molecule has 5 heteroatoms. The number of nitrogens with zero attached hydrogens (tertiary/aromatic N) is 4. The SMILES string of the molecule is O/N=C\c1cn(-c2ccccc2)nc1-c1ccncc1. The van der Waals surface area contributed by atoms with Gasteiger partial charge in [-0.25, -0.2) is 4.68 Å². The highest BCUT2D eigenvalue weighted by Crippen LogP contribution is 2.21. The standard InChI is InChI=1S/C15H12N4O/c20-17-10-13-11-19(14-4-2-1-3-5-14)18-15(13)12-6-8-16-9-7-12/h1-11,20H/b17-10-. The lowest BCUT2D eigenvalue weighted by molar-refractivity contribution is 0.322. The molecule has 0 bridgehead atoms. The monoisotopic (exact) mass is 264 g/mol. The van der Waals surface area contributed by atoms with Gasteiger partial charge >= 0.3 is 0 Å². The Morgan fingerprint density at radius 1 is 1.05 bits per heavy atom. The summed E-state index contributed by atoms with van der Waals surface area (Å²) in [6.07, 6.45) is 6.61. The Balaban J connectivity index is 2.13. The van der Waals surface area contributed by atoms with E-state index in [-0.39, 0.29) is 0 Å².